The normalized spacial score (nSPS) is 15.4. The fourth-order valence-electron chi connectivity index (χ4n) is 2.11. The molecule has 0 unspecified atom stereocenters. The predicted octanol–water partition coefficient (Wildman–Crippen LogP) is 3.55. The summed E-state index contributed by atoms with van der Waals surface area (Å²) in [5, 5.41) is 10.9. The lowest BCUT2D eigenvalue weighted by Crippen LogP contribution is -2.12. The van der Waals surface area contributed by atoms with E-state index in [1.165, 1.54) is 24.2 Å². The molecule has 1 heterocycles. The molecule has 0 radical (unpaired) electrons. The van der Waals surface area contributed by atoms with E-state index in [0.29, 0.717) is 0 Å². The van der Waals surface area contributed by atoms with Gasteiger partial charge in [-0.05, 0) is 37.0 Å². The van der Waals surface area contributed by atoms with Gasteiger partial charge in [-0.15, -0.1) is 11.8 Å². The van der Waals surface area contributed by atoms with Crippen LogP contribution in [-0.4, -0.2) is 26.9 Å². The fraction of sp³-hybridized carbons (Fsp3) is 0.385. The fourth-order valence-corrected chi connectivity index (χ4v) is 3.23. The van der Waals surface area contributed by atoms with Gasteiger partial charge in [-0.1, -0.05) is 6.42 Å². The summed E-state index contributed by atoms with van der Waals surface area (Å²) in [5.41, 5.74) is 1.64. The number of amides is 1. The molecule has 1 saturated carbocycles. The van der Waals surface area contributed by atoms with Crippen molar-refractivity contribution in [1.82, 2.24) is 9.97 Å². The van der Waals surface area contributed by atoms with Crippen molar-refractivity contribution in [3.8, 4) is 0 Å². The number of rotatable bonds is 4. The highest BCUT2D eigenvalue weighted by Gasteiger charge is 2.17. The Balaban J connectivity index is 1.73. The van der Waals surface area contributed by atoms with Gasteiger partial charge in [0.1, 0.15) is 0 Å². The number of thioether (sulfide) groups is 1. The molecule has 1 fully saturated rings. The maximum Gasteiger partial charge on any atom is 0.411 e. The second-order valence-electron chi connectivity index (χ2n) is 4.80. The Kier molecular flexibility index (Phi) is 3.33. The van der Waals surface area contributed by atoms with Crippen LogP contribution in [-0.2, 0) is 0 Å². The van der Waals surface area contributed by atoms with Gasteiger partial charge in [-0.25, -0.2) is 9.78 Å². The standard InChI is InChI=1S/C13H15N3O2S/c17-13(18)16-12-14-10-5-4-9(6-11(10)15-12)19-7-8-2-1-3-8/h4-6,8H,1-3,7H2,(H,17,18)(H2,14,15,16). The van der Waals surface area contributed by atoms with Crippen LogP contribution >= 0.6 is 11.8 Å². The van der Waals surface area contributed by atoms with E-state index in [1.807, 2.05) is 30.0 Å². The summed E-state index contributed by atoms with van der Waals surface area (Å²) >= 11 is 1.85. The number of aromatic nitrogens is 2. The zero-order chi connectivity index (χ0) is 13.2. The van der Waals surface area contributed by atoms with E-state index in [9.17, 15) is 4.79 Å². The summed E-state index contributed by atoms with van der Waals surface area (Å²) < 4.78 is 0. The number of aromatic amines is 1. The lowest BCUT2D eigenvalue weighted by molar-refractivity contribution is 0.209. The lowest BCUT2D eigenvalue weighted by Gasteiger charge is -2.24. The highest BCUT2D eigenvalue weighted by atomic mass is 32.2. The number of fused-ring (bicyclic) bond motifs is 1. The summed E-state index contributed by atoms with van der Waals surface area (Å²) in [6.45, 7) is 0. The first kappa shape index (κ1) is 12.3. The average molecular weight is 277 g/mol. The molecule has 0 aliphatic heterocycles. The molecule has 100 valence electrons. The molecule has 19 heavy (non-hydrogen) atoms. The van der Waals surface area contributed by atoms with Crippen molar-refractivity contribution in [2.45, 2.75) is 24.2 Å². The van der Waals surface area contributed by atoms with Gasteiger partial charge in [0.05, 0.1) is 11.0 Å². The molecule has 3 N–H and O–H groups in total. The van der Waals surface area contributed by atoms with Gasteiger partial charge in [0.15, 0.2) is 0 Å². The molecule has 0 spiro atoms. The van der Waals surface area contributed by atoms with Crippen molar-refractivity contribution in [1.29, 1.82) is 0 Å². The minimum Gasteiger partial charge on any atom is -0.465 e. The van der Waals surface area contributed by atoms with E-state index in [-0.39, 0.29) is 5.95 Å². The van der Waals surface area contributed by atoms with Crippen molar-refractivity contribution in [3.63, 3.8) is 0 Å². The first-order valence-electron chi connectivity index (χ1n) is 6.33. The minimum atomic E-state index is -1.11. The third-order valence-electron chi connectivity index (χ3n) is 3.39. The van der Waals surface area contributed by atoms with E-state index in [1.54, 1.807) is 0 Å². The Bertz CT molecular complexity index is 607. The molecular weight excluding hydrogens is 262 g/mol. The molecule has 0 atom stereocenters. The van der Waals surface area contributed by atoms with Crippen LogP contribution in [0.2, 0.25) is 0 Å². The van der Waals surface area contributed by atoms with E-state index in [4.69, 9.17) is 5.11 Å². The van der Waals surface area contributed by atoms with Crippen LogP contribution < -0.4 is 5.32 Å². The van der Waals surface area contributed by atoms with Crippen LogP contribution in [0.4, 0.5) is 10.7 Å². The predicted molar refractivity (Wildman–Crippen MR) is 75.8 cm³/mol. The Hall–Kier alpha value is -1.69. The molecule has 1 aromatic heterocycles. The zero-order valence-corrected chi connectivity index (χ0v) is 11.2. The third-order valence-corrected chi connectivity index (χ3v) is 4.62. The topological polar surface area (TPSA) is 78.0 Å². The monoisotopic (exact) mass is 277 g/mol. The number of carboxylic acid groups (broad SMARTS) is 1. The lowest BCUT2D eigenvalue weighted by atomic mass is 9.87. The molecule has 6 heteroatoms. The van der Waals surface area contributed by atoms with E-state index in [2.05, 4.69) is 15.3 Å². The van der Waals surface area contributed by atoms with Gasteiger partial charge >= 0.3 is 6.09 Å². The molecule has 0 saturated heterocycles. The molecule has 2 aromatic rings. The first-order valence-corrected chi connectivity index (χ1v) is 7.32. The van der Waals surface area contributed by atoms with Crippen LogP contribution in [0.3, 0.4) is 0 Å². The SMILES string of the molecule is O=C(O)Nc1nc2cc(SCC3CCC3)ccc2[nH]1. The number of nitrogens with one attached hydrogen (secondary N) is 2. The summed E-state index contributed by atoms with van der Waals surface area (Å²) in [5.74, 6) is 2.30. The second-order valence-corrected chi connectivity index (χ2v) is 5.90. The number of benzene rings is 1. The third kappa shape index (κ3) is 2.84. The minimum absolute atomic E-state index is 0.267. The van der Waals surface area contributed by atoms with Gasteiger partial charge < -0.3 is 10.1 Å². The maximum atomic E-state index is 10.6. The number of H-pyrrole nitrogens is 1. The highest BCUT2D eigenvalue weighted by molar-refractivity contribution is 7.99. The number of anilines is 1. The first-order chi connectivity index (χ1) is 9.20. The highest BCUT2D eigenvalue weighted by Crippen LogP contribution is 2.33. The van der Waals surface area contributed by atoms with Gasteiger partial charge in [-0.3, -0.25) is 5.32 Å². The van der Waals surface area contributed by atoms with Gasteiger partial charge in [0.2, 0.25) is 5.95 Å². The molecule has 1 aromatic carbocycles. The number of hydrogen-bond donors (Lipinski definition) is 3. The Morgan fingerprint density at radius 2 is 2.37 bits per heavy atom. The van der Waals surface area contributed by atoms with Crippen molar-refractivity contribution < 1.29 is 9.90 Å². The quantitative estimate of drug-likeness (QED) is 0.747. The van der Waals surface area contributed by atoms with E-state index >= 15 is 0 Å². The summed E-state index contributed by atoms with van der Waals surface area (Å²) in [4.78, 5) is 18.9. The van der Waals surface area contributed by atoms with Crippen LogP contribution in [0.25, 0.3) is 11.0 Å². The molecule has 1 aliphatic rings. The molecule has 0 bridgehead atoms. The van der Waals surface area contributed by atoms with Gasteiger partial charge in [0.25, 0.3) is 0 Å². The number of hydrogen-bond acceptors (Lipinski definition) is 3. The van der Waals surface area contributed by atoms with Crippen LogP contribution in [0.15, 0.2) is 23.1 Å². The van der Waals surface area contributed by atoms with E-state index in [0.717, 1.165) is 22.7 Å². The summed E-state index contributed by atoms with van der Waals surface area (Å²) in [7, 11) is 0. The average Bonchev–Trinajstić information content (AvgIpc) is 2.67. The Labute approximate surface area is 114 Å². The molecule has 3 rings (SSSR count). The van der Waals surface area contributed by atoms with E-state index < -0.39 is 6.09 Å². The Morgan fingerprint density at radius 3 is 3.05 bits per heavy atom. The smallest absolute Gasteiger partial charge is 0.411 e. The summed E-state index contributed by atoms with van der Waals surface area (Å²) in [6, 6.07) is 6.00. The second kappa shape index (κ2) is 5.13. The van der Waals surface area contributed by atoms with Gasteiger partial charge in [0, 0.05) is 10.6 Å². The molecule has 5 nitrogen and oxygen atoms in total. The molecular formula is C13H15N3O2S. The molecule has 1 aliphatic carbocycles. The Morgan fingerprint density at radius 1 is 1.53 bits per heavy atom. The summed E-state index contributed by atoms with van der Waals surface area (Å²) in [6.07, 6.45) is 2.96. The maximum absolute atomic E-state index is 10.6. The van der Waals surface area contributed by atoms with Crippen molar-refractivity contribution in [2.24, 2.45) is 5.92 Å². The largest absolute Gasteiger partial charge is 0.465 e. The van der Waals surface area contributed by atoms with Crippen LogP contribution in [0, 0.1) is 5.92 Å². The molecule has 1 amide bonds. The van der Waals surface area contributed by atoms with Crippen molar-refractivity contribution in [2.75, 3.05) is 11.1 Å². The number of imidazole rings is 1. The zero-order valence-electron chi connectivity index (χ0n) is 10.3. The number of carbonyl (C=O) groups is 1. The van der Waals surface area contributed by atoms with Gasteiger partial charge in [-0.2, -0.15) is 0 Å². The van der Waals surface area contributed by atoms with Crippen molar-refractivity contribution >= 4 is 34.8 Å². The number of nitrogens with zero attached hydrogens (tertiary/aromatic N) is 1. The van der Waals surface area contributed by atoms with Crippen molar-refractivity contribution in [3.05, 3.63) is 18.2 Å². The van der Waals surface area contributed by atoms with Crippen LogP contribution in [0.1, 0.15) is 19.3 Å². The van der Waals surface area contributed by atoms with Crippen LogP contribution in [0.5, 0.6) is 0 Å².